The van der Waals surface area contributed by atoms with Crippen LogP contribution in [0.1, 0.15) is 15.9 Å². The summed E-state index contributed by atoms with van der Waals surface area (Å²) >= 11 is 0. The van der Waals surface area contributed by atoms with Gasteiger partial charge in [0.25, 0.3) is 17.1 Å². The maximum Gasteiger partial charge on any atom is 0.278 e. The number of morpholine rings is 1. The molecular formula is C19H23N6O3+. The molecule has 1 amide bonds. The van der Waals surface area contributed by atoms with Crippen molar-refractivity contribution in [2.45, 2.75) is 13.5 Å². The summed E-state index contributed by atoms with van der Waals surface area (Å²) in [5.41, 5.74) is 13.5. The number of pyridine rings is 2. The number of amides is 1. The Hall–Kier alpha value is -3.04. The Morgan fingerprint density at radius 3 is 2.82 bits per heavy atom. The molecule has 1 aliphatic rings. The summed E-state index contributed by atoms with van der Waals surface area (Å²) in [6.45, 7) is 6.10. The second-order valence-corrected chi connectivity index (χ2v) is 6.95. The molecule has 4 N–H and O–H groups in total. The molecule has 3 aromatic rings. The average Bonchev–Trinajstić information content (AvgIpc) is 2.68. The Balaban J connectivity index is 1.92. The number of hydrogen-bond donors (Lipinski definition) is 2. The van der Waals surface area contributed by atoms with Crippen molar-refractivity contribution in [3.63, 3.8) is 0 Å². The first-order chi connectivity index (χ1) is 13.5. The van der Waals surface area contributed by atoms with Crippen LogP contribution in [0.2, 0.25) is 0 Å². The molecule has 9 heteroatoms. The SMILES string of the molecule is Cc1cccn2c(=O)c3cc(C(N)=O)c(N)[n+](CCN4CCOCC4)c3nc12. The second kappa shape index (κ2) is 7.17. The van der Waals surface area contributed by atoms with Gasteiger partial charge in [-0.05, 0) is 19.1 Å². The van der Waals surface area contributed by atoms with E-state index < -0.39 is 5.91 Å². The minimum Gasteiger partial charge on any atom is -0.379 e. The normalized spacial score (nSPS) is 15.3. The Morgan fingerprint density at radius 2 is 2.11 bits per heavy atom. The zero-order chi connectivity index (χ0) is 19.8. The maximum atomic E-state index is 13.1. The van der Waals surface area contributed by atoms with E-state index in [0.29, 0.717) is 43.0 Å². The molecule has 4 heterocycles. The summed E-state index contributed by atoms with van der Waals surface area (Å²) < 4.78 is 8.58. The number of anilines is 1. The molecule has 146 valence electrons. The fourth-order valence-corrected chi connectivity index (χ4v) is 3.60. The van der Waals surface area contributed by atoms with E-state index in [1.165, 1.54) is 10.5 Å². The van der Waals surface area contributed by atoms with E-state index >= 15 is 0 Å². The number of aromatic nitrogens is 3. The van der Waals surface area contributed by atoms with Gasteiger partial charge in [0, 0.05) is 31.4 Å². The maximum absolute atomic E-state index is 13.1. The first-order valence-corrected chi connectivity index (χ1v) is 9.21. The van der Waals surface area contributed by atoms with Crippen LogP contribution in [0.4, 0.5) is 5.82 Å². The van der Waals surface area contributed by atoms with Gasteiger partial charge in [-0.15, -0.1) is 0 Å². The van der Waals surface area contributed by atoms with E-state index in [-0.39, 0.29) is 16.9 Å². The monoisotopic (exact) mass is 383 g/mol. The largest absolute Gasteiger partial charge is 0.379 e. The van der Waals surface area contributed by atoms with Crippen LogP contribution in [-0.2, 0) is 11.3 Å². The van der Waals surface area contributed by atoms with Crippen LogP contribution in [0.5, 0.6) is 0 Å². The van der Waals surface area contributed by atoms with Crippen LogP contribution in [0, 0.1) is 6.92 Å². The summed E-state index contributed by atoms with van der Waals surface area (Å²) in [4.78, 5) is 32.0. The molecule has 1 saturated heterocycles. The molecule has 9 nitrogen and oxygen atoms in total. The average molecular weight is 383 g/mol. The minimum atomic E-state index is -0.673. The lowest BCUT2D eigenvalue weighted by Gasteiger charge is -2.26. The number of nitrogen functional groups attached to an aromatic ring is 1. The van der Waals surface area contributed by atoms with E-state index in [9.17, 15) is 9.59 Å². The standard InChI is InChI=1S/C19H22N6O3/c1-12-3-2-4-25-17(12)22-18-14(19(25)27)11-13(16(21)26)15(20)24(18)6-5-23-7-9-28-10-8-23/h2-4,11,20H,5-10H2,1H3,(H2,21,26)/p+1. The van der Waals surface area contributed by atoms with Crippen molar-refractivity contribution >= 4 is 28.4 Å². The van der Waals surface area contributed by atoms with Crippen LogP contribution in [0.15, 0.2) is 29.2 Å². The number of carbonyl (C=O) groups excluding carboxylic acids is 1. The molecule has 0 unspecified atom stereocenters. The zero-order valence-corrected chi connectivity index (χ0v) is 15.7. The Labute approximate surface area is 161 Å². The molecule has 1 fully saturated rings. The van der Waals surface area contributed by atoms with Crippen molar-refractivity contribution in [1.82, 2.24) is 14.3 Å². The molecule has 28 heavy (non-hydrogen) atoms. The van der Waals surface area contributed by atoms with Gasteiger partial charge in [-0.1, -0.05) is 11.1 Å². The van der Waals surface area contributed by atoms with Gasteiger partial charge < -0.3 is 16.2 Å². The highest BCUT2D eigenvalue weighted by atomic mass is 16.5. The third kappa shape index (κ3) is 3.08. The summed E-state index contributed by atoms with van der Waals surface area (Å²) in [5, 5.41) is 0.313. The van der Waals surface area contributed by atoms with Crippen LogP contribution < -0.4 is 21.6 Å². The van der Waals surface area contributed by atoms with Gasteiger partial charge in [0.15, 0.2) is 0 Å². The lowest BCUT2D eigenvalue weighted by atomic mass is 10.1. The number of primary amides is 1. The highest BCUT2D eigenvalue weighted by molar-refractivity contribution is 5.99. The van der Waals surface area contributed by atoms with Crippen molar-refractivity contribution in [3.05, 3.63) is 45.9 Å². The van der Waals surface area contributed by atoms with Crippen LogP contribution >= 0.6 is 0 Å². The first-order valence-electron chi connectivity index (χ1n) is 9.21. The number of fused-ring (bicyclic) bond motifs is 2. The second-order valence-electron chi connectivity index (χ2n) is 6.95. The van der Waals surface area contributed by atoms with Gasteiger partial charge in [0.2, 0.25) is 11.5 Å². The smallest absolute Gasteiger partial charge is 0.278 e. The zero-order valence-electron chi connectivity index (χ0n) is 15.7. The summed E-state index contributed by atoms with van der Waals surface area (Å²) in [5.74, 6) is -0.452. The molecule has 0 aromatic carbocycles. The van der Waals surface area contributed by atoms with Gasteiger partial charge in [0.1, 0.15) is 10.9 Å². The lowest BCUT2D eigenvalue weighted by Crippen LogP contribution is -2.48. The quantitative estimate of drug-likeness (QED) is 0.461. The molecule has 3 aromatic heterocycles. The predicted molar refractivity (Wildman–Crippen MR) is 104 cm³/mol. The number of rotatable bonds is 4. The van der Waals surface area contributed by atoms with Gasteiger partial charge in [0.05, 0.1) is 19.8 Å². The summed E-state index contributed by atoms with van der Waals surface area (Å²) in [7, 11) is 0. The van der Waals surface area contributed by atoms with E-state index in [1.807, 2.05) is 13.0 Å². The fraction of sp³-hybridized carbons (Fsp3) is 0.368. The molecule has 0 aliphatic carbocycles. The topological polar surface area (TPSA) is 120 Å². The number of ether oxygens (including phenoxy) is 1. The highest BCUT2D eigenvalue weighted by Crippen LogP contribution is 2.15. The van der Waals surface area contributed by atoms with Crippen LogP contribution in [-0.4, -0.2) is 53.0 Å². The molecule has 0 bridgehead atoms. The first kappa shape index (κ1) is 18.3. The minimum absolute atomic E-state index is 0.126. The van der Waals surface area contributed by atoms with Gasteiger partial charge in [-0.2, -0.15) is 0 Å². The molecular weight excluding hydrogens is 360 g/mol. The van der Waals surface area contributed by atoms with E-state index in [1.54, 1.807) is 16.8 Å². The number of hydrogen-bond acceptors (Lipinski definition) is 6. The van der Waals surface area contributed by atoms with Gasteiger partial charge >= 0.3 is 0 Å². The molecule has 4 rings (SSSR count). The Kier molecular flexibility index (Phi) is 4.70. The third-order valence-corrected chi connectivity index (χ3v) is 5.18. The predicted octanol–water partition coefficient (Wildman–Crippen LogP) is -0.543. The number of carbonyl (C=O) groups is 1. The number of aryl methyl sites for hydroxylation is 1. The van der Waals surface area contributed by atoms with E-state index in [4.69, 9.17) is 21.2 Å². The van der Waals surface area contributed by atoms with Crippen molar-refractivity contribution in [1.29, 1.82) is 0 Å². The molecule has 1 aliphatic heterocycles. The number of nitrogens with zero attached hydrogens (tertiary/aromatic N) is 4. The Morgan fingerprint density at radius 1 is 1.36 bits per heavy atom. The van der Waals surface area contributed by atoms with Gasteiger partial charge in [-0.25, -0.2) is 4.57 Å². The van der Waals surface area contributed by atoms with Crippen molar-refractivity contribution < 1.29 is 14.1 Å². The van der Waals surface area contributed by atoms with Crippen molar-refractivity contribution in [2.75, 3.05) is 38.6 Å². The lowest BCUT2D eigenvalue weighted by molar-refractivity contribution is -0.658. The van der Waals surface area contributed by atoms with E-state index in [2.05, 4.69) is 4.90 Å². The van der Waals surface area contributed by atoms with Crippen molar-refractivity contribution in [3.8, 4) is 0 Å². The number of nitrogens with two attached hydrogens (primary N) is 2. The molecule has 0 radical (unpaired) electrons. The van der Waals surface area contributed by atoms with Crippen LogP contribution in [0.25, 0.3) is 16.7 Å². The van der Waals surface area contributed by atoms with Crippen LogP contribution in [0.3, 0.4) is 0 Å². The third-order valence-electron chi connectivity index (χ3n) is 5.18. The van der Waals surface area contributed by atoms with Gasteiger partial charge in [-0.3, -0.25) is 18.9 Å². The summed E-state index contributed by atoms with van der Waals surface area (Å²) in [6, 6.07) is 5.13. The summed E-state index contributed by atoms with van der Waals surface area (Å²) in [6.07, 6.45) is 1.66. The molecule has 0 atom stereocenters. The Bertz CT molecular complexity index is 1130. The van der Waals surface area contributed by atoms with E-state index in [0.717, 1.165) is 18.7 Å². The fourth-order valence-electron chi connectivity index (χ4n) is 3.60. The molecule has 0 spiro atoms. The van der Waals surface area contributed by atoms with Crippen molar-refractivity contribution in [2.24, 2.45) is 5.73 Å². The highest BCUT2D eigenvalue weighted by Gasteiger charge is 2.24. The molecule has 0 saturated carbocycles.